The molecule has 0 aliphatic rings. The number of nitrogens with zero attached hydrogens (tertiary/aromatic N) is 2. The average Bonchev–Trinajstić information content (AvgIpc) is 2.12. The van der Waals surface area contributed by atoms with Crippen LogP contribution in [-0.2, 0) is 4.79 Å². The third-order valence-electron chi connectivity index (χ3n) is 2.41. The van der Waals surface area contributed by atoms with Crippen molar-refractivity contribution in [2.24, 2.45) is 0 Å². The summed E-state index contributed by atoms with van der Waals surface area (Å²) in [5.74, 6) is 0.0533. The number of halogens is 2. The van der Waals surface area contributed by atoms with Crippen LogP contribution in [0.3, 0.4) is 0 Å². The topological polar surface area (TPSA) is 28.0 Å². The number of carbonyl (C=O) groups excluding carboxylic acids is 1. The zero-order valence-corrected chi connectivity index (χ0v) is 12.2. The Morgan fingerprint density at radius 2 is 1.81 bits per heavy atom. The van der Waals surface area contributed by atoms with Gasteiger partial charge < -0.3 is 9.80 Å². The van der Waals surface area contributed by atoms with Gasteiger partial charge in [-0.3, -0.25) is 4.79 Å². The lowest BCUT2D eigenvalue weighted by molar-refractivity contribution is -0.857. The maximum atomic E-state index is 11.8. The second kappa shape index (κ2) is 6.64. The second-order valence-corrected chi connectivity index (χ2v) is 5.84. The van der Waals surface area contributed by atoms with Crippen LogP contribution in [-0.4, -0.2) is 54.5 Å². The molecule has 4 nitrogen and oxygen atoms in total. The Morgan fingerprint density at radius 1 is 1.31 bits per heavy atom. The van der Waals surface area contributed by atoms with Crippen molar-refractivity contribution in [3.05, 3.63) is 0 Å². The van der Waals surface area contributed by atoms with Crippen molar-refractivity contribution in [1.82, 2.24) is 8.84 Å². The molecule has 0 atom stereocenters. The van der Waals surface area contributed by atoms with E-state index in [1.54, 1.807) is 11.9 Å². The number of carbonyl (C=O) groups is 1. The summed E-state index contributed by atoms with van der Waals surface area (Å²) < 4.78 is 1.04. The van der Waals surface area contributed by atoms with Gasteiger partial charge in [-0.2, -0.15) is 0 Å². The summed E-state index contributed by atoms with van der Waals surface area (Å²) in [6, 6.07) is 0. The number of quaternary nitrogens is 1. The van der Waals surface area contributed by atoms with Gasteiger partial charge in [0.05, 0.1) is 32.7 Å². The van der Waals surface area contributed by atoms with Crippen LogP contribution < -0.4 is 4.90 Å². The highest BCUT2D eigenvalue weighted by Crippen LogP contribution is 2.23. The van der Waals surface area contributed by atoms with Gasteiger partial charge in [0.25, 0.3) is 0 Å². The lowest BCUT2D eigenvalue weighted by Gasteiger charge is -2.29. The van der Waals surface area contributed by atoms with Gasteiger partial charge in [-0.05, 0) is 37.4 Å². The first-order valence-electron chi connectivity index (χ1n) is 5.31. The van der Waals surface area contributed by atoms with Gasteiger partial charge in [0.15, 0.2) is 0 Å². The normalized spacial score (nSPS) is 12.3. The first kappa shape index (κ1) is 16.0. The van der Waals surface area contributed by atoms with Crippen molar-refractivity contribution in [3.63, 3.8) is 0 Å². The maximum Gasteiger partial charge on any atom is 0.224 e. The maximum absolute atomic E-state index is 11.8. The van der Waals surface area contributed by atoms with Crippen LogP contribution in [0.1, 0.15) is 20.3 Å². The van der Waals surface area contributed by atoms with E-state index in [0.717, 1.165) is 17.0 Å². The van der Waals surface area contributed by atoms with Gasteiger partial charge in [-0.1, -0.05) is 0 Å². The Hall–Kier alpha value is -0.0300. The monoisotopic (exact) mass is 270 g/mol. The van der Waals surface area contributed by atoms with Crippen molar-refractivity contribution in [1.29, 1.82) is 0 Å². The summed E-state index contributed by atoms with van der Waals surface area (Å²) in [5.41, 5.74) is -0.542. The van der Waals surface area contributed by atoms with Gasteiger partial charge in [-0.15, -0.1) is 3.94 Å². The fourth-order valence-corrected chi connectivity index (χ4v) is 1.20. The molecule has 0 bridgehead atoms. The van der Waals surface area contributed by atoms with Gasteiger partial charge in [0.1, 0.15) is 0 Å². The lowest BCUT2D eigenvalue weighted by atomic mass is 10.0. The molecule has 0 spiro atoms. The van der Waals surface area contributed by atoms with Crippen molar-refractivity contribution >= 4 is 29.5 Å². The first-order valence-corrected chi connectivity index (χ1v) is 5.99. The molecule has 0 saturated carbocycles. The summed E-state index contributed by atoms with van der Waals surface area (Å²) in [7, 11) is 5.91. The fraction of sp³-hybridized carbons (Fsp3) is 0.900. The first-order chi connectivity index (χ1) is 7.16. The number of likely N-dealkylation sites (N-methyl/N-ethyl adjacent to an activating group) is 2. The highest BCUT2D eigenvalue weighted by molar-refractivity contribution is 6.34. The minimum Gasteiger partial charge on any atom is -0.340 e. The quantitative estimate of drug-likeness (QED) is 0.707. The second-order valence-electron chi connectivity index (χ2n) is 4.99. The number of nitrogens with one attached hydrogen (secondary N) is 1. The smallest absolute Gasteiger partial charge is 0.224 e. The van der Waals surface area contributed by atoms with E-state index in [1.165, 1.54) is 4.90 Å². The zero-order valence-electron chi connectivity index (χ0n) is 10.7. The average molecular weight is 271 g/mol. The van der Waals surface area contributed by atoms with Crippen molar-refractivity contribution < 1.29 is 9.69 Å². The highest BCUT2D eigenvalue weighted by Gasteiger charge is 2.29. The van der Waals surface area contributed by atoms with Crippen LogP contribution in [0, 0.1) is 0 Å². The Kier molecular flexibility index (Phi) is 6.63. The predicted octanol–water partition coefficient (Wildman–Crippen LogP) is 0.368. The van der Waals surface area contributed by atoms with Crippen LogP contribution in [0.15, 0.2) is 0 Å². The molecule has 0 aliphatic heterocycles. The summed E-state index contributed by atoms with van der Waals surface area (Å²) >= 11 is 11.3. The van der Waals surface area contributed by atoms with E-state index in [9.17, 15) is 4.79 Å². The number of hydrogen-bond donors (Lipinski definition) is 1. The molecule has 1 N–H and O–H groups in total. The van der Waals surface area contributed by atoms with Gasteiger partial charge in [0, 0.05) is 13.5 Å². The van der Waals surface area contributed by atoms with Gasteiger partial charge in [0.2, 0.25) is 5.91 Å². The molecule has 0 radical (unpaired) electrons. The molecule has 0 aliphatic carbocycles. The Labute approximate surface area is 108 Å². The molecule has 0 fully saturated rings. The van der Waals surface area contributed by atoms with E-state index in [1.807, 2.05) is 13.8 Å². The Bertz CT molecular complexity index is 232. The van der Waals surface area contributed by atoms with Crippen LogP contribution >= 0.6 is 23.6 Å². The fourth-order valence-electron chi connectivity index (χ4n) is 1.08. The van der Waals surface area contributed by atoms with Crippen LogP contribution in [0.5, 0.6) is 0 Å². The van der Waals surface area contributed by atoms with Crippen molar-refractivity contribution in [3.8, 4) is 0 Å². The van der Waals surface area contributed by atoms with E-state index in [-0.39, 0.29) is 5.91 Å². The summed E-state index contributed by atoms with van der Waals surface area (Å²) in [6.07, 6.45) is 0.305. The molecule has 1 amide bonds. The molecule has 0 aromatic carbocycles. The standard InChI is InChI=1S/C10H21Cl2N3O/c1-10(2,15(11)12)8-9(16)14(5)7-6-13(3)4/h6-8H2,1-5H3/p+1. The largest absolute Gasteiger partial charge is 0.340 e. The van der Waals surface area contributed by atoms with Crippen molar-refractivity contribution in [2.75, 3.05) is 34.2 Å². The molecule has 96 valence electrons. The molecule has 0 aromatic rings. The Balaban J connectivity index is 4.15. The molecule has 6 heteroatoms. The zero-order chi connectivity index (χ0) is 12.9. The minimum atomic E-state index is -0.542. The van der Waals surface area contributed by atoms with Crippen LogP contribution in [0.25, 0.3) is 0 Å². The van der Waals surface area contributed by atoms with Gasteiger partial charge in [-0.25, -0.2) is 0 Å². The lowest BCUT2D eigenvalue weighted by Crippen LogP contribution is -3.06. The molecule has 0 aromatic heterocycles. The summed E-state index contributed by atoms with van der Waals surface area (Å²) in [6.45, 7) is 5.32. The molecule has 0 saturated heterocycles. The molecule has 16 heavy (non-hydrogen) atoms. The molecule has 0 rings (SSSR count). The van der Waals surface area contributed by atoms with E-state index in [0.29, 0.717) is 6.42 Å². The Morgan fingerprint density at radius 3 is 2.19 bits per heavy atom. The predicted molar refractivity (Wildman–Crippen MR) is 67.6 cm³/mol. The van der Waals surface area contributed by atoms with Crippen LogP contribution in [0.4, 0.5) is 0 Å². The third kappa shape index (κ3) is 5.89. The molecular weight excluding hydrogens is 249 g/mol. The third-order valence-corrected chi connectivity index (χ3v) is 3.33. The van der Waals surface area contributed by atoms with E-state index >= 15 is 0 Å². The number of hydrogen-bond acceptors (Lipinski definition) is 2. The van der Waals surface area contributed by atoms with E-state index < -0.39 is 5.54 Å². The van der Waals surface area contributed by atoms with Gasteiger partial charge >= 0.3 is 0 Å². The minimum absolute atomic E-state index is 0.0533. The van der Waals surface area contributed by atoms with E-state index in [2.05, 4.69) is 14.1 Å². The van der Waals surface area contributed by atoms with E-state index in [4.69, 9.17) is 23.6 Å². The molecule has 0 unspecified atom stereocenters. The number of rotatable bonds is 6. The molecular formula is C10H22Cl2N3O+. The molecule has 0 heterocycles. The summed E-state index contributed by atoms with van der Waals surface area (Å²) in [4.78, 5) is 14.9. The highest BCUT2D eigenvalue weighted by atomic mass is 35.5. The number of amides is 1. The van der Waals surface area contributed by atoms with Crippen molar-refractivity contribution in [2.45, 2.75) is 25.8 Å². The summed E-state index contributed by atoms with van der Waals surface area (Å²) in [5, 5.41) is 0. The SMILES string of the molecule is CN(CC[NH+](C)C)C(=O)CC(C)(C)N(Cl)Cl. The van der Waals surface area contributed by atoms with Crippen LogP contribution in [0.2, 0.25) is 0 Å².